The Morgan fingerprint density at radius 3 is 2.42 bits per heavy atom. The molecule has 0 aliphatic heterocycles. The van der Waals surface area contributed by atoms with Crippen LogP contribution in [0.4, 0.5) is 0 Å². The van der Waals surface area contributed by atoms with Crippen LogP contribution < -0.4 is 0 Å². The molecule has 66 valence electrons. The lowest BCUT2D eigenvalue weighted by Crippen LogP contribution is -2.24. The van der Waals surface area contributed by atoms with E-state index < -0.39 is 5.79 Å². The van der Waals surface area contributed by atoms with Crippen molar-refractivity contribution >= 4 is 0 Å². The van der Waals surface area contributed by atoms with E-state index in [0.717, 1.165) is 5.56 Å². The summed E-state index contributed by atoms with van der Waals surface area (Å²) in [5, 5.41) is 9.76. The van der Waals surface area contributed by atoms with E-state index in [1.807, 2.05) is 37.3 Å². The van der Waals surface area contributed by atoms with Gasteiger partial charge in [-0.05, 0) is 13.8 Å². The fraction of sp³-hybridized carbons (Fsp3) is 0.400. The largest absolute Gasteiger partial charge is 0.362 e. The van der Waals surface area contributed by atoms with Crippen molar-refractivity contribution < 1.29 is 9.84 Å². The number of aliphatic hydroxyl groups is 1. The summed E-state index contributed by atoms with van der Waals surface area (Å²) in [7, 11) is 0. The van der Waals surface area contributed by atoms with E-state index in [0.29, 0.717) is 6.61 Å². The lowest BCUT2D eigenvalue weighted by molar-refractivity contribution is -0.195. The van der Waals surface area contributed by atoms with Gasteiger partial charge in [0, 0.05) is 12.2 Å². The highest BCUT2D eigenvalue weighted by molar-refractivity contribution is 5.18. The monoisotopic (exact) mass is 166 g/mol. The van der Waals surface area contributed by atoms with Gasteiger partial charge in [0.25, 0.3) is 0 Å². The highest BCUT2D eigenvalue weighted by Gasteiger charge is 2.21. The maximum atomic E-state index is 9.76. The standard InChI is InChI=1S/C10H14O2/c1-3-12-10(2,11)9-7-5-4-6-8-9/h4-8,11H,3H2,1-2H3. The number of hydrogen-bond donors (Lipinski definition) is 1. The molecule has 1 aromatic rings. The third-order valence-corrected chi connectivity index (χ3v) is 1.73. The van der Waals surface area contributed by atoms with Crippen LogP contribution in [0.15, 0.2) is 30.3 Å². The summed E-state index contributed by atoms with van der Waals surface area (Å²) in [5.41, 5.74) is 0.784. The fourth-order valence-corrected chi connectivity index (χ4v) is 1.11. The molecule has 0 spiro atoms. The van der Waals surface area contributed by atoms with Crippen molar-refractivity contribution in [2.45, 2.75) is 19.6 Å². The van der Waals surface area contributed by atoms with Crippen molar-refractivity contribution in [1.29, 1.82) is 0 Å². The highest BCUT2D eigenvalue weighted by Crippen LogP contribution is 2.20. The van der Waals surface area contributed by atoms with E-state index >= 15 is 0 Å². The van der Waals surface area contributed by atoms with Gasteiger partial charge < -0.3 is 9.84 Å². The molecular weight excluding hydrogens is 152 g/mol. The van der Waals surface area contributed by atoms with E-state index in [9.17, 15) is 5.11 Å². The molecule has 0 amide bonds. The smallest absolute Gasteiger partial charge is 0.189 e. The molecule has 1 N–H and O–H groups in total. The maximum Gasteiger partial charge on any atom is 0.189 e. The average Bonchev–Trinajstić information content (AvgIpc) is 2.06. The molecule has 0 aliphatic carbocycles. The summed E-state index contributed by atoms with van der Waals surface area (Å²) < 4.78 is 5.17. The second-order valence-corrected chi connectivity index (χ2v) is 2.78. The average molecular weight is 166 g/mol. The highest BCUT2D eigenvalue weighted by atomic mass is 16.6. The fourth-order valence-electron chi connectivity index (χ4n) is 1.11. The van der Waals surface area contributed by atoms with Gasteiger partial charge in [-0.25, -0.2) is 0 Å². The first-order valence-electron chi connectivity index (χ1n) is 4.08. The molecule has 0 radical (unpaired) electrons. The van der Waals surface area contributed by atoms with Crippen molar-refractivity contribution in [1.82, 2.24) is 0 Å². The van der Waals surface area contributed by atoms with Crippen molar-refractivity contribution in [3.8, 4) is 0 Å². The molecule has 0 fully saturated rings. The van der Waals surface area contributed by atoms with Crippen LogP contribution in [-0.2, 0) is 10.5 Å². The molecule has 0 aromatic heterocycles. The number of rotatable bonds is 3. The third kappa shape index (κ3) is 2.06. The van der Waals surface area contributed by atoms with Gasteiger partial charge in [0.1, 0.15) is 0 Å². The Morgan fingerprint density at radius 2 is 1.92 bits per heavy atom. The first kappa shape index (κ1) is 9.23. The van der Waals surface area contributed by atoms with Gasteiger partial charge >= 0.3 is 0 Å². The molecule has 1 atom stereocenters. The van der Waals surface area contributed by atoms with Crippen LogP contribution in [0.1, 0.15) is 19.4 Å². The van der Waals surface area contributed by atoms with Crippen LogP contribution in [0.2, 0.25) is 0 Å². The van der Waals surface area contributed by atoms with Gasteiger partial charge in [0.2, 0.25) is 0 Å². The molecule has 1 unspecified atom stereocenters. The molecule has 2 heteroatoms. The van der Waals surface area contributed by atoms with E-state index in [1.54, 1.807) is 6.92 Å². The summed E-state index contributed by atoms with van der Waals surface area (Å²) in [6, 6.07) is 9.35. The topological polar surface area (TPSA) is 29.5 Å². The molecule has 0 heterocycles. The van der Waals surface area contributed by atoms with Gasteiger partial charge in [0.05, 0.1) is 0 Å². The Labute approximate surface area is 72.8 Å². The van der Waals surface area contributed by atoms with Crippen molar-refractivity contribution in [2.75, 3.05) is 6.61 Å². The van der Waals surface area contributed by atoms with Crippen LogP contribution >= 0.6 is 0 Å². The predicted molar refractivity (Wildman–Crippen MR) is 47.6 cm³/mol. The molecule has 2 nitrogen and oxygen atoms in total. The first-order chi connectivity index (χ1) is 5.67. The Kier molecular flexibility index (Phi) is 2.84. The predicted octanol–water partition coefficient (Wildman–Crippen LogP) is 1.89. The summed E-state index contributed by atoms with van der Waals surface area (Å²) in [5.74, 6) is -1.16. The molecule has 0 aliphatic rings. The number of benzene rings is 1. The Balaban J connectivity index is 2.82. The summed E-state index contributed by atoms with van der Waals surface area (Å²) in [4.78, 5) is 0. The van der Waals surface area contributed by atoms with Crippen LogP contribution in [0.3, 0.4) is 0 Å². The third-order valence-electron chi connectivity index (χ3n) is 1.73. The summed E-state index contributed by atoms with van der Waals surface area (Å²) in [6.07, 6.45) is 0. The van der Waals surface area contributed by atoms with Crippen LogP contribution in [0.25, 0.3) is 0 Å². The second-order valence-electron chi connectivity index (χ2n) is 2.78. The Hall–Kier alpha value is -0.860. The van der Waals surface area contributed by atoms with Gasteiger partial charge in [0.15, 0.2) is 5.79 Å². The number of hydrogen-bond acceptors (Lipinski definition) is 2. The molecule has 0 saturated heterocycles. The Bertz CT molecular complexity index is 229. The van der Waals surface area contributed by atoms with E-state index in [-0.39, 0.29) is 0 Å². The maximum absolute atomic E-state index is 9.76. The lowest BCUT2D eigenvalue weighted by Gasteiger charge is -2.23. The van der Waals surface area contributed by atoms with Crippen molar-refractivity contribution in [3.05, 3.63) is 35.9 Å². The van der Waals surface area contributed by atoms with E-state index in [2.05, 4.69) is 0 Å². The van der Waals surface area contributed by atoms with Gasteiger partial charge in [-0.1, -0.05) is 30.3 Å². The van der Waals surface area contributed by atoms with Crippen LogP contribution in [-0.4, -0.2) is 11.7 Å². The molecule has 0 saturated carbocycles. The zero-order chi connectivity index (χ0) is 9.03. The van der Waals surface area contributed by atoms with Gasteiger partial charge in [-0.15, -0.1) is 0 Å². The van der Waals surface area contributed by atoms with Gasteiger partial charge in [-0.2, -0.15) is 0 Å². The first-order valence-corrected chi connectivity index (χ1v) is 4.08. The zero-order valence-electron chi connectivity index (χ0n) is 7.45. The van der Waals surface area contributed by atoms with Gasteiger partial charge in [-0.3, -0.25) is 0 Å². The van der Waals surface area contributed by atoms with Crippen LogP contribution in [0, 0.1) is 0 Å². The zero-order valence-corrected chi connectivity index (χ0v) is 7.45. The quantitative estimate of drug-likeness (QED) is 0.695. The molecular formula is C10H14O2. The molecule has 12 heavy (non-hydrogen) atoms. The number of ether oxygens (including phenoxy) is 1. The minimum atomic E-state index is -1.16. The summed E-state index contributed by atoms with van der Waals surface area (Å²) >= 11 is 0. The molecule has 0 bridgehead atoms. The molecule has 1 rings (SSSR count). The second kappa shape index (κ2) is 3.70. The van der Waals surface area contributed by atoms with Crippen molar-refractivity contribution in [3.63, 3.8) is 0 Å². The Morgan fingerprint density at radius 1 is 1.33 bits per heavy atom. The SMILES string of the molecule is CCOC(C)(O)c1ccccc1. The van der Waals surface area contributed by atoms with Crippen molar-refractivity contribution in [2.24, 2.45) is 0 Å². The normalized spacial score (nSPS) is 15.6. The summed E-state index contributed by atoms with van der Waals surface area (Å²) in [6.45, 7) is 4.01. The minimum absolute atomic E-state index is 0.502. The van der Waals surface area contributed by atoms with Crippen LogP contribution in [0.5, 0.6) is 0 Å². The van der Waals surface area contributed by atoms with E-state index in [4.69, 9.17) is 4.74 Å². The van der Waals surface area contributed by atoms with E-state index in [1.165, 1.54) is 0 Å². The minimum Gasteiger partial charge on any atom is -0.362 e. The lowest BCUT2D eigenvalue weighted by atomic mass is 10.1. The molecule has 1 aromatic carbocycles.